The summed E-state index contributed by atoms with van der Waals surface area (Å²) in [5.74, 6) is -0.0678. The minimum atomic E-state index is -0.523. The molecule has 5 rings (SSSR count). The van der Waals surface area contributed by atoms with Crippen molar-refractivity contribution in [2.24, 2.45) is 5.92 Å². The van der Waals surface area contributed by atoms with E-state index >= 15 is 0 Å². The van der Waals surface area contributed by atoms with E-state index in [1.54, 1.807) is 17.2 Å². The predicted octanol–water partition coefficient (Wildman–Crippen LogP) is 3.65. The number of pyridine rings is 1. The lowest BCUT2D eigenvalue weighted by molar-refractivity contribution is 0.0713. The summed E-state index contributed by atoms with van der Waals surface area (Å²) >= 11 is 1.46. The number of hydrogen-bond acceptors (Lipinski definition) is 8. The predicted molar refractivity (Wildman–Crippen MR) is 114 cm³/mol. The number of thiazole rings is 1. The molecule has 0 saturated heterocycles. The van der Waals surface area contributed by atoms with Gasteiger partial charge in [0.05, 0.1) is 54.0 Å². The van der Waals surface area contributed by atoms with Crippen LogP contribution in [0.5, 0.6) is 0 Å². The fourth-order valence-electron chi connectivity index (χ4n) is 4.12. The lowest BCUT2D eigenvalue weighted by Crippen LogP contribution is -2.47. The van der Waals surface area contributed by atoms with Gasteiger partial charge in [0.25, 0.3) is 0 Å². The van der Waals surface area contributed by atoms with Crippen molar-refractivity contribution in [2.45, 2.75) is 31.4 Å². The van der Waals surface area contributed by atoms with Crippen molar-refractivity contribution in [3.63, 3.8) is 0 Å². The molecule has 152 valence electrons. The van der Waals surface area contributed by atoms with Crippen LogP contribution in [0.4, 0.5) is 0 Å². The molecule has 9 heteroatoms. The zero-order valence-electron chi connectivity index (χ0n) is 16.4. The zero-order valence-corrected chi connectivity index (χ0v) is 17.2. The van der Waals surface area contributed by atoms with Crippen molar-refractivity contribution in [2.75, 3.05) is 0 Å². The summed E-state index contributed by atoms with van der Waals surface area (Å²) in [6.45, 7) is -0.103. The van der Waals surface area contributed by atoms with E-state index < -0.39 is 5.54 Å². The van der Waals surface area contributed by atoms with Gasteiger partial charge in [0.15, 0.2) is 0 Å². The first-order valence-corrected chi connectivity index (χ1v) is 10.7. The Bertz CT molecular complexity index is 1350. The Kier molecular flexibility index (Phi) is 4.70. The van der Waals surface area contributed by atoms with Gasteiger partial charge in [-0.3, -0.25) is 4.98 Å². The van der Waals surface area contributed by atoms with Crippen LogP contribution in [-0.4, -0.2) is 30.1 Å². The standard InChI is InChI=1S/C22H17N7OS/c23-4-3-22(8-14(9-22)10-24)29-26-11-20(28-29)18-6-15(21-27-16(12-30)13-31-21)7-19-17(18)2-1-5-25-19/h1-2,5-7,11,13-14,30H,3,8-9,12H2/t14-,22+. The van der Waals surface area contributed by atoms with Gasteiger partial charge in [-0.05, 0) is 31.0 Å². The highest BCUT2D eigenvalue weighted by Crippen LogP contribution is 2.45. The first kappa shape index (κ1) is 19.3. The first-order chi connectivity index (χ1) is 15.2. The van der Waals surface area contributed by atoms with Gasteiger partial charge in [0.2, 0.25) is 0 Å². The molecule has 4 aromatic rings. The quantitative estimate of drug-likeness (QED) is 0.515. The van der Waals surface area contributed by atoms with E-state index in [4.69, 9.17) is 5.10 Å². The maximum atomic E-state index is 9.36. The number of rotatable bonds is 5. The molecular formula is C22H17N7OS. The van der Waals surface area contributed by atoms with E-state index in [0.717, 1.165) is 27.0 Å². The van der Waals surface area contributed by atoms with Crippen molar-refractivity contribution in [1.29, 1.82) is 10.5 Å². The maximum Gasteiger partial charge on any atom is 0.123 e. The van der Waals surface area contributed by atoms with E-state index in [2.05, 4.69) is 27.2 Å². The van der Waals surface area contributed by atoms with Gasteiger partial charge in [0, 0.05) is 28.1 Å². The Morgan fingerprint density at radius 2 is 2.16 bits per heavy atom. The van der Waals surface area contributed by atoms with Crippen molar-refractivity contribution in [3.8, 4) is 34.0 Å². The fourth-order valence-corrected chi connectivity index (χ4v) is 4.92. The summed E-state index contributed by atoms with van der Waals surface area (Å²) in [7, 11) is 0. The van der Waals surface area contributed by atoms with Crippen molar-refractivity contribution < 1.29 is 5.11 Å². The maximum absolute atomic E-state index is 9.36. The van der Waals surface area contributed by atoms with Crippen molar-refractivity contribution in [3.05, 3.63) is 47.7 Å². The molecule has 0 bridgehead atoms. The normalized spacial score (nSPS) is 20.2. The van der Waals surface area contributed by atoms with Crippen LogP contribution in [0.1, 0.15) is 25.0 Å². The Balaban J connectivity index is 1.61. The monoisotopic (exact) mass is 427 g/mol. The van der Waals surface area contributed by atoms with Crippen LogP contribution in [0.3, 0.4) is 0 Å². The molecule has 0 aliphatic heterocycles. The molecule has 1 aliphatic carbocycles. The third kappa shape index (κ3) is 3.25. The van der Waals surface area contributed by atoms with Crippen LogP contribution in [0.25, 0.3) is 32.7 Å². The Morgan fingerprint density at radius 1 is 1.29 bits per heavy atom. The minimum absolute atomic E-state index is 0.0678. The van der Waals surface area contributed by atoms with Crippen LogP contribution in [0, 0.1) is 28.6 Å². The highest BCUT2D eigenvalue weighted by Gasteiger charge is 2.48. The summed E-state index contributed by atoms with van der Waals surface area (Å²) in [6.07, 6.45) is 4.87. The molecule has 1 aromatic carbocycles. The molecule has 31 heavy (non-hydrogen) atoms. The SMILES string of the molecule is N#CC[C@]1(n2ncc(-c3cc(-c4nc(CO)cs4)cc4ncccc34)n2)C[C@@H](C#N)C1. The first-order valence-electron chi connectivity index (χ1n) is 9.80. The third-order valence-electron chi connectivity index (χ3n) is 5.72. The summed E-state index contributed by atoms with van der Waals surface area (Å²) in [5.41, 5.74) is 3.35. The van der Waals surface area contributed by atoms with Gasteiger partial charge in [-0.2, -0.15) is 25.5 Å². The molecule has 0 amide bonds. The zero-order chi connectivity index (χ0) is 21.4. The second-order valence-electron chi connectivity index (χ2n) is 7.71. The van der Waals surface area contributed by atoms with Crippen LogP contribution in [0.2, 0.25) is 0 Å². The van der Waals surface area contributed by atoms with Crippen LogP contribution in [-0.2, 0) is 12.1 Å². The molecule has 0 unspecified atom stereocenters. The topological polar surface area (TPSA) is 124 Å². The summed E-state index contributed by atoms with van der Waals surface area (Å²) in [5, 5.41) is 40.6. The number of aliphatic hydroxyl groups excluding tert-OH is 1. The number of hydrogen-bond donors (Lipinski definition) is 1. The number of aliphatic hydroxyl groups is 1. The van der Waals surface area contributed by atoms with Crippen LogP contribution >= 0.6 is 11.3 Å². The number of fused-ring (bicyclic) bond motifs is 1. The second kappa shape index (κ2) is 7.55. The van der Waals surface area contributed by atoms with Crippen molar-refractivity contribution in [1.82, 2.24) is 25.0 Å². The molecule has 0 radical (unpaired) electrons. The van der Waals surface area contributed by atoms with E-state index in [1.165, 1.54) is 11.3 Å². The van der Waals surface area contributed by atoms with E-state index in [0.29, 0.717) is 24.2 Å². The number of benzene rings is 1. The van der Waals surface area contributed by atoms with Gasteiger partial charge in [-0.15, -0.1) is 11.3 Å². The molecule has 1 N–H and O–H groups in total. The highest BCUT2D eigenvalue weighted by atomic mass is 32.1. The largest absolute Gasteiger partial charge is 0.390 e. The second-order valence-corrected chi connectivity index (χ2v) is 8.57. The molecule has 1 saturated carbocycles. The average molecular weight is 427 g/mol. The molecular weight excluding hydrogens is 410 g/mol. The Labute approximate surface area is 182 Å². The number of aromatic nitrogens is 5. The number of nitrogens with zero attached hydrogens (tertiary/aromatic N) is 7. The van der Waals surface area contributed by atoms with Gasteiger partial charge in [-0.25, -0.2) is 4.98 Å². The molecule has 1 fully saturated rings. The molecule has 8 nitrogen and oxygen atoms in total. The Morgan fingerprint density at radius 3 is 2.90 bits per heavy atom. The average Bonchev–Trinajstić information content (AvgIpc) is 3.45. The molecule has 1 aliphatic rings. The van der Waals surface area contributed by atoms with Gasteiger partial charge in [0.1, 0.15) is 10.7 Å². The highest BCUT2D eigenvalue weighted by molar-refractivity contribution is 7.13. The Hall–Kier alpha value is -3.66. The molecule has 0 spiro atoms. The molecule has 3 heterocycles. The minimum Gasteiger partial charge on any atom is -0.390 e. The van der Waals surface area contributed by atoms with Gasteiger partial charge in [-0.1, -0.05) is 6.07 Å². The van der Waals surface area contributed by atoms with E-state index in [1.807, 2.05) is 29.6 Å². The van der Waals surface area contributed by atoms with Gasteiger partial charge < -0.3 is 5.11 Å². The lowest BCUT2D eigenvalue weighted by atomic mass is 9.68. The van der Waals surface area contributed by atoms with Crippen LogP contribution in [0.15, 0.2) is 42.0 Å². The van der Waals surface area contributed by atoms with Crippen LogP contribution < -0.4 is 0 Å². The van der Waals surface area contributed by atoms with Gasteiger partial charge >= 0.3 is 0 Å². The lowest BCUT2D eigenvalue weighted by Gasteiger charge is -2.42. The summed E-state index contributed by atoms with van der Waals surface area (Å²) in [6, 6.07) is 12.3. The summed E-state index contributed by atoms with van der Waals surface area (Å²) in [4.78, 5) is 10.6. The number of nitriles is 2. The molecule has 3 aromatic heterocycles. The fraction of sp³-hybridized carbons (Fsp3) is 0.273. The van der Waals surface area contributed by atoms with E-state index in [9.17, 15) is 15.6 Å². The van der Waals surface area contributed by atoms with E-state index in [-0.39, 0.29) is 18.9 Å². The van der Waals surface area contributed by atoms with Crippen molar-refractivity contribution >= 4 is 22.2 Å². The summed E-state index contributed by atoms with van der Waals surface area (Å²) < 4.78 is 0. The smallest absolute Gasteiger partial charge is 0.123 e. The third-order valence-corrected chi connectivity index (χ3v) is 6.66. The molecule has 0 atom stereocenters.